The molecule has 0 aliphatic heterocycles. The molecule has 3 rings (SSSR count). The first kappa shape index (κ1) is 22.8. The Bertz CT molecular complexity index is 994. The van der Waals surface area contributed by atoms with Crippen LogP contribution < -0.4 is 10.1 Å². The normalized spacial score (nSPS) is 12.1. The Balaban J connectivity index is 1.65. The quantitative estimate of drug-likeness (QED) is 0.527. The fourth-order valence-electron chi connectivity index (χ4n) is 3.35. The summed E-state index contributed by atoms with van der Waals surface area (Å²) in [6, 6.07) is 15.2. The van der Waals surface area contributed by atoms with Crippen molar-refractivity contribution in [1.82, 2.24) is 20.0 Å². The lowest BCUT2D eigenvalue weighted by Gasteiger charge is -2.21. The molecule has 1 atom stereocenters. The molecule has 0 fully saturated rings. The maximum absolute atomic E-state index is 12.8. The summed E-state index contributed by atoms with van der Waals surface area (Å²) in [5, 5.41) is 8.15. The van der Waals surface area contributed by atoms with Crippen molar-refractivity contribution in [3.8, 4) is 5.75 Å². The van der Waals surface area contributed by atoms with Gasteiger partial charge in [-0.3, -0.25) is 4.79 Å². The topological polar surface area (TPSA) is 59.4 Å². The van der Waals surface area contributed by atoms with Gasteiger partial charge in [-0.2, -0.15) is 5.10 Å². The molecule has 0 aliphatic rings. The van der Waals surface area contributed by atoms with Crippen molar-refractivity contribution in [3.05, 3.63) is 82.1 Å². The van der Waals surface area contributed by atoms with Crippen molar-refractivity contribution in [2.24, 2.45) is 0 Å². The summed E-state index contributed by atoms with van der Waals surface area (Å²) in [5.41, 5.74) is 3.65. The highest BCUT2D eigenvalue weighted by Crippen LogP contribution is 2.20. The highest BCUT2D eigenvalue weighted by molar-refractivity contribution is 6.30. The number of nitrogens with one attached hydrogen (secondary N) is 1. The molecule has 0 spiro atoms. The van der Waals surface area contributed by atoms with Crippen molar-refractivity contribution in [2.45, 2.75) is 33.0 Å². The lowest BCUT2D eigenvalue weighted by molar-refractivity contribution is 0.0925. The molecule has 1 heterocycles. The Morgan fingerprint density at radius 3 is 2.45 bits per heavy atom. The summed E-state index contributed by atoms with van der Waals surface area (Å²) in [5.74, 6) is 0.564. The molecule has 3 aromatic rings. The van der Waals surface area contributed by atoms with Gasteiger partial charge < -0.3 is 15.0 Å². The van der Waals surface area contributed by atoms with Crippen molar-refractivity contribution in [2.75, 3.05) is 20.6 Å². The van der Waals surface area contributed by atoms with Crippen LogP contribution in [0.4, 0.5) is 0 Å². The van der Waals surface area contributed by atoms with Crippen molar-refractivity contribution >= 4 is 17.5 Å². The van der Waals surface area contributed by atoms with Gasteiger partial charge in [0.2, 0.25) is 0 Å². The molecular formula is C24H29ClN4O2. The third-order valence-electron chi connectivity index (χ3n) is 4.87. The fraction of sp³-hybridized carbons (Fsp3) is 0.333. The minimum absolute atomic E-state index is 0.135. The second-order valence-corrected chi connectivity index (χ2v) is 8.44. The van der Waals surface area contributed by atoms with Crippen LogP contribution >= 0.6 is 11.6 Å². The van der Waals surface area contributed by atoms with Crippen LogP contribution in [0.1, 0.15) is 39.6 Å². The molecule has 6 nitrogen and oxygen atoms in total. The number of aryl methyl sites for hydroxylation is 2. The van der Waals surface area contributed by atoms with E-state index in [-0.39, 0.29) is 18.7 Å². The Morgan fingerprint density at radius 1 is 1.13 bits per heavy atom. The van der Waals surface area contributed by atoms with Gasteiger partial charge in [0.1, 0.15) is 11.4 Å². The molecule has 0 saturated carbocycles. The number of rotatable bonds is 9. The van der Waals surface area contributed by atoms with Gasteiger partial charge in [-0.05, 0) is 87.9 Å². The van der Waals surface area contributed by atoms with Crippen LogP contribution in [0, 0.1) is 13.8 Å². The van der Waals surface area contributed by atoms with Crippen molar-refractivity contribution in [1.29, 1.82) is 0 Å². The fourth-order valence-corrected chi connectivity index (χ4v) is 3.47. The molecule has 0 radical (unpaired) electrons. The van der Waals surface area contributed by atoms with Gasteiger partial charge >= 0.3 is 0 Å². The molecule has 31 heavy (non-hydrogen) atoms. The van der Waals surface area contributed by atoms with Crippen LogP contribution in [0.15, 0.2) is 54.7 Å². The van der Waals surface area contributed by atoms with E-state index in [1.54, 1.807) is 16.9 Å². The van der Waals surface area contributed by atoms with Gasteiger partial charge in [0, 0.05) is 11.2 Å². The Labute approximate surface area is 188 Å². The number of benzene rings is 2. The van der Waals surface area contributed by atoms with Gasteiger partial charge in [0.15, 0.2) is 6.73 Å². The SMILES string of the molecule is Cc1cc(C)cc(OCn2ccc(C(=O)NC(CCN(C)C)c3ccc(Cl)cc3)n2)c1. The van der Waals surface area contributed by atoms with E-state index < -0.39 is 0 Å². The van der Waals surface area contributed by atoms with E-state index in [1.165, 1.54) is 0 Å². The molecule has 0 aliphatic carbocycles. The average Bonchev–Trinajstić information content (AvgIpc) is 3.18. The van der Waals surface area contributed by atoms with Crippen LogP contribution in [-0.2, 0) is 6.73 Å². The first-order valence-electron chi connectivity index (χ1n) is 10.3. The van der Waals surface area contributed by atoms with E-state index in [1.807, 2.05) is 64.3 Å². The Hall–Kier alpha value is -2.83. The number of nitrogens with zero attached hydrogens (tertiary/aromatic N) is 3. The third kappa shape index (κ3) is 6.84. The molecule has 0 bridgehead atoms. The highest BCUT2D eigenvalue weighted by atomic mass is 35.5. The number of aromatic nitrogens is 2. The molecule has 1 N–H and O–H groups in total. The summed E-state index contributed by atoms with van der Waals surface area (Å²) in [6.45, 7) is 5.14. The minimum Gasteiger partial charge on any atom is -0.471 e. The first-order chi connectivity index (χ1) is 14.8. The summed E-state index contributed by atoms with van der Waals surface area (Å²) < 4.78 is 7.44. The lowest BCUT2D eigenvalue weighted by Crippen LogP contribution is -2.31. The summed E-state index contributed by atoms with van der Waals surface area (Å²) in [4.78, 5) is 14.9. The molecule has 164 valence electrons. The average molecular weight is 441 g/mol. The Morgan fingerprint density at radius 2 is 1.81 bits per heavy atom. The van der Waals surface area contributed by atoms with E-state index in [9.17, 15) is 4.79 Å². The van der Waals surface area contributed by atoms with Gasteiger partial charge in [0.25, 0.3) is 5.91 Å². The summed E-state index contributed by atoms with van der Waals surface area (Å²) in [7, 11) is 4.02. The second kappa shape index (κ2) is 10.5. The predicted molar refractivity (Wildman–Crippen MR) is 124 cm³/mol. The highest BCUT2D eigenvalue weighted by Gasteiger charge is 2.18. The van der Waals surface area contributed by atoms with Crippen molar-refractivity contribution in [3.63, 3.8) is 0 Å². The first-order valence-corrected chi connectivity index (χ1v) is 10.6. The minimum atomic E-state index is -0.219. The van der Waals surface area contributed by atoms with E-state index >= 15 is 0 Å². The predicted octanol–water partition coefficient (Wildman–Crippen LogP) is 4.61. The summed E-state index contributed by atoms with van der Waals surface area (Å²) >= 11 is 6.02. The third-order valence-corrected chi connectivity index (χ3v) is 5.13. The van der Waals surface area contributed by atoms with Gasteiger partial charge in [0.05, 0.1) is 6.04 Å². The molecule has 7 heteroatoms. The van der Waals surface area contributed by atoms with Crippen LogP contribution in [0.5, 0.6) is 5.75 Å². The number of halogens is 1. The number of amides is 1. The maximum atomic E-state index is 12.8. The largest absolute Gasteiger partial charge is 0.471 e. The van der Waals surface area contributed by atoms with Crippen LogP contribution in [0.3, 0.4) is 0 Å². The monoisotopic (exact) mass is 440 g/mol. The molecule has 0 saturated heterocycles. The van der Waals surface area contributed by atoms with E-state index in [4.69, 9.17) is 16.3 Å². The zero-order valence-electron chi connectivity index (χ0n) is 18.4. The van der Waals surface area contributed by atoms with Crippen molar-refractivity contribution < 1.29 is 9.53 Å². The van der Waals surface area contributed by atoms with Gasteiger partial charge in [-0.1, -0.05) is 29.8 Å². The number of carbonyl (C=O) groups is 1. The maximum Gasteiger partial charge on any atom is 0.272 e. The molecule has 1 aromatic heterocycles. The number of hydrogen-bond acceptors (Lipinski definition) is 4. The molecule has 2 aromatic carbocycles. The van der Waals surface area contributed by atoms with Gasteiger partial charge in [-0.25, -0.2) is 4.68 Å². The van der Waals surface area contributed by atoms with Crippen LogP contribution in [-0.4, -0.2) is 41.2 Å². The van der Waals surface area contributed by atoms with Gasteiger partial charge in [-0.15, -0.1) is 0 Å². The van der Waals surface area contributed by atoms with Crippen LogP contribution in [0.2, 0.25) is 5.02 Å². The number of hydrogen-bond donors (Lipinski definition) is 1. The number of ether oxygens (including phenoxy) is 1. The van der Waals surface area contributed by atoms with E-state index in [0.717, 1.165) is 35.4 Å². The lowest BCUT2D eigenvalue weighted by atomic mass is 10.0. The zero-order chi connectivity index (χ0) is 22.4. The number of carbonyl (C=O) groups excluding carboxylic acids is 1. The second-order valence-electron chi connectivity index (χ2n) is 8.01. The van der Waals surface area contributed by atoms with E-state index in [0.29, 0.717) is 10.7 Å². The van der Waals surface area contributed by atoms with Crippen LogP contribution in [0.25, 0.3) is 0 Å². The molecule has 1 amide bonds. The standard InChI is InChI=1S/C24H29ClN4O2/c1-17-13-18(2)15-21(14-17)31-16-29-12-10-23(27-29)24(30)26-22(9-11-28(3)4)19-5-7-20(25)8-6-19/h5-8,10,12-15,22H,9,11,16H2,1-4H3,(H,26,30). The summed E-state index contributed by atoms with van der Waals surface area (Å²) in [6.07, 6.45) is 2.52. The molecule has 1 unspecified atom stereocenters. The smallest absolute Gasteiger partial charge is 0.272 e. The Kier molecular flexibility index (Phi) is 7.71. The molecular weight excluding hydrogens is 412 g/mol. The van der Waals surface area contributed by atoms with E-state index in [2.05, 4.69) is 21.4 Å². The zero-order valence-corrected chi connectivity index (χ0v) is 19.2.